The Morgan fingerprint density at radius 1 is 1.45 bits per heavy atom. The highest BCUT2D eigenvalue weighted by molar-refractivity contribution is 7.80. The summed E-state index contributed by atoms with van der Waals surface area (Å²) in [6.07, 6.45) is 3.78. The van der Waals surface area contributed by atoms with Gasteiger partial charge in [0, 0.05) is 30.3 Å². The highest BCUT2D eigenvalue weighted by Crippen LogP contribution is 2.31. The van der Waals surface area contributed by atoms with Gasteiger partial charge < -0.3 is 10.5 Å². The number of halogens is 1. The van der Waals surface area contributed by atoms with Crippen molar-refractivity contribution >= 4 is 17.2 Å². The second-order valence-electron chi connectivity index (χ2n) is 5.52. The molecule has 1 aliphatic heterocycles. The Labute approximate surface area is 123 Å². The second-order valence-corrected chi connectivity index (χ2v) is 5.96. The number of benzene rings is 1. The fourth-order valence-electron chi connectivity index (χ4n) is 3.31. The summed E-state index contributed by atoms with van der Waals surface area (Å²) in [4.78, 5) is 2.45. The molecule has 3 nitrogen and oxygen atoms in total. The molecule has 1 saturated heterocycles. The average Bonchev–Trinajstić information content (AvgIpc) is 2.90. The van der Waals surface area contributed by atoms with Gasteiger partial charge in [0.1, 0.15) is 10.8 Å². The van der Waals surface area contributed by atoms with Gasteiger partial charge in [0.2, 0.25) is 0 Å². The van der Waals surface area contributed by atoms with Gasteiger partial charge in [0.25, 0.3) is 0 Å². The summed E-state index contributed by atoms with van der Waals surface area (Å²) in [5.74, 6) is -0.277. The molecule has 2 fully saturated rings. The summed E-state index contributed by atoms with van der Waals surface area (Å²) in [6.45, 7) is 2.20. The van der Waals surface area contributed by atoms with Gasteiger partial charge in [-0.3, -0.25) is 4.90 Å². The van der Waals surface area contributed by atoms with Crippen molar-refractivity contribution in [2.75, 3.05) is 13.2 Å². The molecule has 0 bridgehead atoms. The van der Waals surface area contributed by atoms with E-state index >= 15 is 0 Å². The van der Waals surface area contributed by atoms with E-state index < -0.39 is 0 Å². The molecule has 0 radical (unpaired) electrons. The van der Waals surface area contributed by atoms with Crippen molar-refractivity contribution in [3.8, 4) is 0 Å². The van der Waals surface area contributed by atoms with Crippen molar-refractivity contribution in [1.29, 1.82) is 0 Å². The van der Waals surface area contributed by atoms with Crippen LogP contribution in [0.25, 0.3) is 0 Å². The van der Waals surface area contributed by atoms with E-state index in [2.05, 4.69) is 4.90 Å². The van der Waals surface area contributed by atoms with Crippen molar-refractivity contribution in [2.45, 2.75) is 38.0 Å². The molecule has 1 saturated carbocycles. The number of hydrogen-bond acceptors (Lipinski definition) is 3. The van der Waals surface area contributed by atoms with Crippen LogP contribution in [-0.4, -0.2) is 35.2 Å². The lowest BCUT2D eigenvalue weighted by atomic mass is 10.1. The fourth-order valence-corrected chi connectivity index (χ4v) is 3.47. The Kier molecular flexibility index (Phi) is 4.01. The third-order valence-corrected chi connectivity index (χ3v) is 4.53. The Morgan fingerprint density at radius 2 is 2.30 bits per heavy atom. The van der Waals surface area contributed by atoms with Gasteiger partial charge in [-0.25, -0.2) is 4.39 Å². The zero-order valence-electron chi connectivity index (χ0n) is 11.3. The number of nitrogens with zero attached hydrogens (tertiary/aromatic N) is 1. The fraction of sp³-hybridized carbons (Fsp3) is 0.533. The van der Waals surface area contributed by atoms with E-state index in [1.807, 2.05) is 12.1 Å². The first-order chi connectivity index (χ1) is 9.66. The molecule has 2 N–H and O–H groups in total. The highest BCUT2D eigenvalue weighted by Gasteiger charge is 2.36. The third kappa shape index (κ3) is 2.57. The lowest BCUT2D eigenvalue weighted by Crippen LogP contribution is -2.48. The lowest BCUT2D eigenvalue weighted by molar-refractivity contribution is -0.0591. The maximum Gasteiger partial charge on any atom is 0.137 e. The summed E-state index contributed by atoms with van der Waals surface area (Å²) >= 11 is 4.89. The monoisotopic (exact) mass is 294 g/mol. The number of thiocarbonyl (C=S) groups is 1. The minimum Gasteiger partial charge on any atom is -0.389 e. The summed E-state index contributed by atoms with van der Waals surface area (Å²) in [5, 5.41) is 0. The van der Waals surface area contributed by atoms with E-state index in [1.165, 1.54) is 6.42 Å². The molecule has 1 aliphatic carbocycles. The molecule has 0 spiro atoms. The van der Waals surface area contributed by atoms with Crippen molar-refractivity contribution in [3.05, 3.63) is 35.1 Å². The van der Waals surface area contributed by atoms with Crippen LogP contribution >= 0.6 is 12.2 Å². The normalized spacial score (nSPS) is 26.4. The molecular weight excluding hydrogens is 275 g/mol. The number of nitrogens with two attached hydrogens (primary N) is 1. The van der Waals surface area contributed by atoms with E-state index in [1.54, 1.807) is 6.07 Å². The van der Waals surface area contributed by atoms with Crippen LogP contribution in [0.15, 0.2) is 18.2 Å². The van der Waals surface area contributed by atoms with Gasteiger partial charge in [-0.05, 0) is 25.3 Å². The molecule has 2 atom stereocenters. The predicted molar refractivity (Wildman–Crippen MR) is 80.1 cm³/mol. The van der Waals surface area contributed by atoms with Gasteiger partial charge in [0.15, 0.2) is 0 Å². The zero-order chi connectivity index (χ0) is 14.1. The molecule has 20 heavy (non-hydrogen) atoms. The molecule has 0 aromatic heterocycles. The van der Waals surface area contributed by atoms with Crippen molar-refractivity contribution in [1.82, 2.24) is 4.90 Å². The maximum absolute atomic E-state index is 14.4. The molecule has 1 aromatic rings. The molecule has 5 heteroatoms. The number of fused-ring (bicyclic) bond motifs is 1. The standard InChI is InChI=1S/C15H19FN2OS/c16-14-10(3-1-4-11(14)15(17)20)9-18-7-8-19-13-6-2-5-12(13)18/h1,3-4,12-13H,2,5-9H2,(H2,17,20). The molecular formula is C15H19FN2OS. The second kappa shape index (κ2) is 5.76. The average molecular weight is 294 g/mol. The molecule has 1 heterocycles. The van der Waals surface area contributed by atoms with Crippen molar-refractivity contribution in [3.63, 3.8) is 0 Å². The molecule has 1 aromatic carbocycles. The quantitative estimate of drug-likeness (QED) is 0.868. The Bertz CT molecular complexity index is 523. The van der Waals surface area contributed by atoms with Crippen LogP contribution in [0.2, 0.25) is 0 Å². The first kappa shape index (κ1) is 13.9. The number of hydrogen-bond donors (Lipinski definition) is 1. The molecule has 3 rings (SSSR count). The number of rotatable bonds is 3. The Balaban J connectivity index is 1.80. The summed E-state index contributed by atoms with van der Waals surface area (Å²) in [7, 11) is 0. The smallest absolute Gasteiger partial charge is 0.137 e. The van der Waals surface area contributed by atoms with E-state index in [9.17, 15) is 4.39 Å². The van der Waals surface area contributed by atoms with Crippen LogP contribution in [0.5, 0.6) is 0 Å². The van der Waals surface area contributed by atoms with Crippen LogP contribution in [0, 0.1) is 5.82 Å². The van der Waals surface area contributed by atoms with E-state index in [-0.39, 0.29) is 10.8 Å². The zero-order valence-corrected chi connectivity index (χ0v) is 12.2. The number of morpholine rings is 1. The van der Waals surface area contributed by atoms with Gasteiger partial charge in [0.05, 0.1) is 12.7 Å². The predicted octanol–water partition coefficient (Wildman–Crippen LogP) is 2.21. The van der Waals surface area contributed by atoms with Crippen LogP contribution in [0.3, 0.4) is 0 Å². The van der Waals surface area contributed by atoms with Crippen molar-refractivity contribution < 1.29 is 9.13 Å². The summed E-state index contributed by atoms with van der Waals surface area (Å²) in [6, 6.07) is 5.70. The van der Waals surface area contributed by atoms with Crippen LogP contribution in [-0.2, 0) is 11.3 Å². The van der Waals surface area contributed by atoms with Gasteiger partial charge in [-0.1, -0.05) is 24.4 Å². The highest BCUT2D eigenvalue weighted by atomic mass is 32.1. The minimum absolute atomic E-state index is 0.116. The molecule has 0 amide bonds. The third-order valence-electron chi connectivity index (χ3n) is 4.31. The van der Waals surface area contributed by atoms with Crippen LogP contribution in [0.4, 0.5) is 4.39 Å². The minimum atomic E-state index is -0.277. The van der Waals surface area contributed by atoms with Crippen molar-refractivity contribution in [2.24, 2.45) is 5.73 Å². The first-order valence-electron chi connectivity index (χ1n) is 7.09. The largest absolute Gasteiger partial charge is 0.389 e. The number of ether oxygens (including phenoxy) is 1. The Morgan fingerprint density at radius 3 is 3.10 bits per heavy atom. The van der Waals surface area contributed by atoms with Gasteiger partial charge in [-0.2, -0.15) is 0 Å². The van der Waals surface area contributed by atoms with Crippen LogP contribution in [0.1, 0.15) is 30.4 Å². The molecule has 108 valence electrons. The lowest BCUT2D eigenvalue weighted by Gasteiger charge is -2.37. The van der Waals surface area contributed by atoms with Gasteiger partial charge in [-0.15, -0.1) is 0 Å². The molecule has 2 aliphatic rings. The van der Waals surface area contributed by atoms with Gasteiger partial charge >= 0.3 is 0 Å². The van der Waals surface area contributed by atoms with E-state index in [0.717, 1.165) is 26.0 Å². The summed E-state index contributed by atoms with van der Waals surface area (Å²) in [5.41, 5.74) is 6.57. The molecule has 2 unspecified atom stereocenters. The maximum atomic E-state index is 14.4. The SMILES string of the molecule is NC(=S)c1cccc(CN2CCOC3CCCC32)c1F. The first-order valence-corrected chi connectivity index (χ1v) is 7.50. The van der Waals surface area contributed by atoms with E-state index in [0.29, 0.717) is 29.8 Å². The Hall–Kier alpha value is -1.04. The topological polar surface area (TPSA) is 38.5 Å². The van der Waals surface area contributed by atoms with E-state index in [4.69, 9.17) is 22.7 Å². The van der Waals surface area contributed by atoms with Crippen LogP contribution < -0.4 is 5.73 Å². The summed E-state index contributed by atoms with van der Waals surface area (Å²) < 4.78 is 20.2.